The number of aryl methyl sites for hydroxylation is 1. The van der Waals surface area contributed by atoms with Crippen molar-refractivity contribution in [3.63, 3.8) is 0 Å². The van der Waals surface area contributed by atoms with E-state index in [1.807, 2.05) is 23.6 Å². The number of rotatable bonds is 3. The van der Waals surface area contributed by atoms with Crippen molar-refractivity contribution < 1.29 is 0 Å². The molecule has 3 heterocycles. The Morgan fingerprint density at radius 3 is 2.86 bits per heavy atom. The van der Waals surface area contributed by atoms with Crippen LogP contribution < -0.4 is 5.73 Å². The van der Waals surface area contributed by atoms with Crippen LogP contribution in [-0.4, -0.2) is 25.1 Å². The summed E-state index contributed by atoms with van der Waals surface area (Å²) in [4.78, 5) is 13.7. The van der Waals surface area contributed by atoms with Gasteiger partial charge in [0, 0.05) is 0 Å². The normalized spacial score (nSPS) is 10.5. The largest absolute Gasteiger partial charge is 0.382 e. The summed E-state index contributed by atoms with van der Waals surface area (Å²) in [6.45, 7) is 1.72. The number of H-pyrrole nitrogens is 1. The predicted molar refractivity (Wildman–Crippen MR) is 79.7 cm³/mol. The Balaban J connectivity index is 1.86. The summed E-state index contributed by atoms with van der Waals surface area (Å²) in [5, 5.41) is 18.8. The molecule has 0 spiro atoms. The third-order valence-electron chi connectivity index (χ3n) is 2.61. The maximum absolute atomic E-state index is 8.94. The highest BCUT2D eigenvalue weighted by atomic mass is 32.2. The van der Waals surface area contributed by atoms with Gasteiger partial charge in [0.05, 0.1) is 10.6 Å². The summed E-state index contributed by atoms with van der Waals surface area (Å²) >= 11 is 2.77. The van der Waals surface area contributed by atoms with E-state index in [9.17, 15) is 0 Å². The molecule has 7 nitrogen and oxygen atoms in total. The number of nitrogens with two attached hydrogens (primary N) is 1. The molecule has 0 amide bonds. The van der Waals surface area contributed by atoms with Gasteiger partial charge >= 0.3 is 0 Å². The van der Waals surface area contributed by atoms with Crippen LogP contribution in [0.25, 0.3) is 10.7 Å². The van der Waals surface area contributed by atoms with E-state index in [1.165, 1.54) is 11.8 Å². The molecule has 0 unspecified atom stereocenters. The summed E-state index contributed by atoms with van der Waals surface area (Å²) < 4.78 is 0. The fourth-order valence-corrected chi connectivity index (χ4v) is 3.03. The molecular formula is C12H9N7S2. The highest BCUT2D eigenvalue weighted by Gasteiger charge is 2.13. The van der Waals surface area contributed by atoms with E-state index >= 15 is 0 Å². The molecular weight excluding hydrogens is 306 g/mol. The summed E-state index contributed by atoms with van der Waals surface area (Å²) in [6.07, 6.45) is 0. The van der Waals surface area contributed by atoms with Gasteiger partial charge in [0.15, 0.2) is 11.0 Å². The molecule has 0 aliphatic carbocycles. The fraction of sp³-hybridized carbons (Fsp3) is 0.0833. The molecule has 0 aliphatic rings. The summed E-state index contributed by atoms with van der Waals surface area (Å²) in [5.41, 5.74) is 6.58. The van der Waals surface area contributed by atoms with Crippen molar-refractivity contribution in [1.82, 2.24) is 25.1 Å². The van der Waals surface area contributed by atoms with E-state index in [-0.39, 0.29) is 5.82 Å². The van der Waals surface area contributed by atoms with Crippen LogP contribution in [0.5, 0.6) is 0 Å². The van der Waals surface area contributed by atoms with Gasteiger partial charge in [-0.2, -0.15) is 5.26 Å². The lowest BCUT2D eigenvalue weighted by Gasteiger charge is -2.02. The van der Waals surface area contributed by atoms with E-state index in [0.717, 1.165) is 4.88 Å². The molecule has 0 saturated heterocycles. The first-order valence-electron chi connectivity index (χ1n) is 5.85. The Bertz CT molecular complexity index is 793. The van der Waals surface area contributed by atoms with Crippen LogP contribution in [0.2, 0.25) is 0 Å². The molecule has 3 aromatic rings. The zero-order chi connectivity index (χ0) is 14.8. The molecule has 0 atom stereocenters. The molecule has 0 aromatic carbocycles. The Hall–Kier alpha value is -2.44. The van der Waals surface area contributed by atoms with Crippen molar-refractivity contribution in [3.8, 4) is 16.8 Å². The molecule has 3 rings (SSSR count). The topological polar surface area (TPSA) is 117 Å². The highest BCUT2D eigenvalue weighted by molar-refractivity contribution is 7.99. The van der Waals surface area contributed by atoms with Crippen LogP contribution in [0.15, 0.2) is 27.8 Å². The molecule has 0 aliphatic heterocycles. The summed E-state index contributed by atoms with van der Waals surface area (Å²) in [6, 6.07) is 5.89. The van der Waals surface area contributed by atoms with Crippen LogP contribution in [0.3, 0.4) is 0 Å². The number of nitrogens with one attached hydrogen (secondary N) is 1. The number of nitriles is 1. The Morgan fingerprint density at radius 2 is 2.19 bits per heavy atom. The van der Waals surface area contributed by atoms with Crippen molar-refractivity contribution in [2.45, 2.75) is 17.2 Å². The van der Waals surface area contributed by atoms with Gasteiger partial charge in [0.25, 0.3) is 0 Å². The monoisotopic (exact) mass is 315 g/mol. The maximum atomic E-state index is 8.94. The van der Waals surface area contributed by atoms with Crippen LogP contribution in [0.1, 0.15) is 11.3 Å². The van der Waals surface area contributed by atoms with Gasteiger partial charge in [-0.3, -0.25) is 5.10 Å². The van der Waals surface area contributed by atoms with Crippen molar-refractivity contribution in [2.75, 3.05) is 5.73 Å². The first kappa shape index (κ1) is 13.5. The lowest BCUT2D eigenvalue weighted by atomic mass is 10.2. The van der Waals surface area contributed by atoms with Crippen LogP contribution in [-0.2, 0) is 0 Å². The van der Waals surface area contributed by atoms with Gasteiger partial charge in [0.2, 0.25) is 5.16 Å². The molecule has 0 fully saturated rings. The molecule has 3 aromatic heterocycles. The zero-order valence-electron chi connectivity index (χ0n) is 10.9. The van der Waals surface area contributed by atoms with Gasteiger partial charge in [-0.15, -0.1) is 16.4 Å². The van der Waals surface area contributed by atoms with Crippen LogP contribution in [0.4, 0.5) is 5.82 Å². The molecule has 0 bridgehead atoms. The number of aromatic amines is 1. The molecule has 9 heteroatoms. The Morgan fingerprint density at radius 1 is 1.33 bits per heavy atom. The average molecular weight is 315 g/mol. The second kappa shape index (κ2) is 5.51. The molecule has 3 N–H and O–H groups in total. The quantitative estimate of drug-likeness (QED) is 0.712. The van der Waals surface area contributed by atoms with Gasteiger partial charge in [0.1, 0.15) is 17.5 Å². The third-order valence-corrected chi connectivity index (χ3v) is 4.22. The summed E-state index contributed by atoms with van der Waals surface area (Å²) in [5.74, 6) is 0.868. The lowest BCUT2D eigenvalue weighted by molar-refractivity contribution is 0.913. The standard InChI is InChI=1S/C12H9N7S2/c1-6-7(5-13)9(14)16-11(15-6)21-12-17-10(18-19-12)8-3-2-4-20-8/h2-4H,1H3,(H2,14,15,16)(H,17,18,19). The second-order valence-electron chi connectivity index (χ2n) is 4.01. The average Bonchev–Trinajstić information content (AvgIpc) is 3.08. The Labute approximate surface area is 128 Å². The van der Waals surface area contributed by atoms with Gasteiger partial charge in [-0.05, 0) is 30.1 Å². The number of nitrogens with zero attached hydrogens (tertiary/aromatic N) is 5. The van der Waals surface area contributed by atoms with E-state index in [0.29, 0.717) is 27.4 Å². The SMILES string of the molecule is Cc1nc(Sc2n[nH]c(-c3cccs3)n2)nc(N)c1C#N. The molecule has 0 radical (unpaired) electrons. The minimum atomic E-state index is 0.168. The number of nitrogen functional groups attached to an aromatic ring is 1. The second-order valence-corrected chi connectivity index (χ2v) is 5.89. The number of thiophene rings is 1. The van der Waals surface area contributed by atoms with E-state index in [4.69, 9.17) is 11.0 Å². The lowest BCUT2D eigenvalue weighted by Crippen LogP contribution is -2.02. The van der Waals surface area contributed by atoms with Crippen LogP contribution >= 0.6 is 23.1 Å². The van der Waals surface area contributed by atoms with Crippen molar-refractivity contribution in [3.05, 3.63) is 28.8 Å². The maximum Gasteiger partial charge on any atom is 0.216 e. The van der Waals surface area contributed by atoms with E-state index < -0.39 is 0 Å². The van der Waals surface area contributed by atoms with Gasteiger partial charge < -0.3 is 5.73 Å². The number of aromatic nitrogens is 5. The van der Waals surface area contributed by atoms with E-state index in [1.54, 1.807) is 18.3 Å². The number of hydrogen-bond donors (Lipinski definition) is 2. The van der Waals surface area contributed by atoms with Gasteiger partial charge in [-0.1, -0.05) is 6.07 Å². The molecule has 21 heavy (non-hydrogen) atoms. The first-order valence-corrected chi connectivity index (χ1v) is 7.55. The van der Waals surface area contributed by atoms with Crippen molar-refractivity contribution in [2.24, 2.45) is 0 Å². The first-order chi connectivity index (χ1) is 10.2. The van der Waals surface area contributed by atoms with Crippen molar-refractivity contribution in [1.29, 1.82) is 5.26 Å². The molecule has 104 valence electrons. The smallest absolute Gasteiger partial charge is 0.216 e. The van der Waals surface area contributed by atoms with Crippen LogP contribution in [0, 0.1) is 18.3 Å². The fourth-order valence-electron chi connectivity index (χ4n) is 1.65. The number of anilines is 1. The van der Waals surface area contributed by atoms with Gasteiger partial charge in [-0.25, -0.2) is 15.0 Å². The highest BCUT2D eigenvalue weighted by Crippen LogP contribution is 2.27. The summed E-state index contributed by atoms with van der Waals surface area (Å²) in [7, 11) is 0. The minimum absolute atomic E-state index is 0.168. The van der Waals surface area contributed by atoms with E-state index in [2.05, 4.69) is 25.1 Å². The Kier molecular flexibility index (Phi) is 3.55. The minimum Gasteiger partial charge on any atom is -0.382 e. The third kappa shape index (κ3) is 2.72. The molecule has 0 saturated carbocycles. The zero-order valence-corrected chi connectivity index (χ0v) is 12.5. The number of hydrogen-bond acceptors (Lipinski definition) is 8. The predicted octanol–water partition coefficient (Wildman–Crippen LogP) is 2.24. The van der Waals surface area contributed by atoms with Crippen molar-refractivity contribution >= 4 is 28.9 Å².